The van der Waals surface area contributed by atoms with Gasteiger partial charge in [0.15, 0.2) is 5.96 Å². The number of hydrogen-bond acceptors (Lipinski definition) is 5. The number of aliphatic imine (C=N–C) groups is 1. The number of nitrogens with zero attached hydrogens (tertiary/aromatic N) is 3. The maximum absolute atomic E-state index is 12.5. The fraction of sp³-hybridized carbons (Fsp3) is 0.700. The zero-order chi connectivity index (χ0) is 22.0. The van der Waals surface area contributed by atoms with Gasteiger partial charge in [-0.1, -0.05) is 13.8 Å². The van der Waals surface area contributed by atoms with Crippen molar-refractivity contribution in [3.8, 4) is 0 Å². The predicted molar refractivity (Wildman–Crippen MR) is 113 cm³/mol. The molecule has 170 valence electrons. The zero-order valence-electron chi connectivity index (χ0n) is 17.9. The van der Waals surface area contributed by atoms with Crippen molar-refractivity contribution in [3.05, 3.63) is 23.9 Å². The van der Waals surface area contributed by atoms with Gasteiger partial charge in [-0.25, -0.2) is 4.98 Å². The number of guanidine groups is 1. The summed E-state index contributed by atoms with van der Waals surface area (Å²) in [6.45, 7) is 9.94. The third-order valence-corrected chi connectivity index (χ3v) is 5.03. The quantitative estimate of drug-likeness (QED) is 0.318. The van der Waals surface area contributed by atoms with E-state index in [2.05, 4.69) is 44.7 Å². The van der Waals surface area contributed by atoms with Gasteiger partial charge in [-0.3, -0.25) is 9.89 Å². The SMILES string of the molecule is CN=C(NCCCNc1ccc(C(F)(F)F)cn1)NCC(C(C)C)N1CCOCC1. The van der Waals surface area contributed by atoms with Crippen LogP contribution in [0.15, 0.2) is 23.3 Å². The van der Waals surface area contributed by atoms with Crippen molar-refractivity contribution in [1.82, 2.24) is 20.5 Å². The maximum Gasteiger partial charge on any atom is 0.417 e. The van der Waals surface area contributed by atoms with Crippen LogP contribution in [0.2, 0.25) is 0 Å². The van der Waals surface area contributed by atoms with Crippen molar-refractivity contribution >= 4 is 11.8 Å². The Bertz CT molecular complexity index is 645. The minimum Gasteiger partial charge on any atom is -0.379 e. The maximum atomic E-state index is 12.5. The highest BCUT2D eigenvalue weighted by Crippen LogP contribution is 2.28. The fourth-order valence-corrected chi connectivity index (χ4v) is 3.30. The molecule has 1 aliphatic rings. The molecule has 30 heavy (non-hydrogen) atoms. The Hall–Kier alpha value is -2.07. The van der Waals surface area contributed by atoms with Crippen LogP contribution in [0.5, 0.6) is 0 Å². The van der Waals surface area contributed by atoms with Crippen molar-refractivity contribution in [2.24, 2.45) is 10.9 Å². The first kappa shape index (κ1) is 24.2. The normalized spacial score (nSPS) is 17.1. The number of pyridine rings is 1. The van der Waals surface area contributed by atoms with E-state index in [4.69, 9.17) is 4.74 Å². The number of halogens is 3. The second-order valence-corrected chi connectivity index (χ2v) is 7.55. The van der Waals surface area contributed by atoms with E-state index in [9.17, 15) is 13.2 Å². The molecule has 1 fully saturated rings. The van der Waals surface area contributed by atoms with Gasteiger partial charge in [0, 0.05) is 52.0 Å². The molecule has 3 N–H and O–H groups in total. The number of morpholine rings is 1. The van der Waals surface area contributed by atoms with Gasteiger partial charge < -0.3 is 20.7 Å². The summed E-state index contributed by atoms with van der Waals surface area (Å²) in [4.78, 5) is 10.5. The number of rotatable bonds is 9. The smallest absolute Gasteiger partial charge is 0.379 e. The minimum atomic E-state index is -4.37. The summed E-state index contributed by atoms with van der Waals surface area (Å²) < 4.78 is 43.1. The molecule has 1 aliphatic heterocycles. The molecular weight excluding hydrogens is 397 g/mol. The van der Waals surface area contributed by atoms with E-state index in [1.807, 2.05) is 0 Å². The van der Waals surface area contributed by atoms with Gasteiger partial charge >= 0.3 is 6.18 Å². The predicted octanol–water partition coefficient (Wildman–Crippen LogP) is 2.42. The average Bonchev–Trinajstić information content (AvgIpc) is 2.72. The van der Waals surface area contributed by atoms with E-state index >= 15 is 0 Å². The second-order valence-electron chi connectivity index (χ2n) is 7.55. The Kier molecular flexibility index (Phi) is 9.64. The van der Waals surface area contributed by atoms with Crippen molar-refractivity contribution < 1.29 is 17.9 Å². The number of nitrogens with one attached hydrogen (secondary N) is 3. The molecule has 1 unspecified atom stereocenters. The Morgan fingerprint density at radius 1 is 1.20 bits per heavy atom. The molecule has 0 aromatic carbocycles. The summed E-state index contributed by atoms with van der Waals surface area (Å²) in [5.41, 5.74) is -0.749. The first-order valence-electron chi connectivity index (χ1n) is 10.3. The first-order valence-corrected chi connectivity index (χ1v) is 10.3. The summed E-state index contributed by atoms with van der Waals surface area (Å²) in [5, 5.41) is 9.69. The summed E-state index contributed by atoms with van der Waals surface area (Å²) in [6.07, 6.45) is -2.76. The zero-order valence-corrected chi connectivity index (χ0v) is 17.9. The first-order chi connectivity index (χ1) is 14.3. The van der Waals surface area contributed by atoms with Crippen LogP contribution in [0, 0.1) is 5.92 Å². The summed E-state index contributed by atoms with van der Waals surface area (Å²) in [7, 11) is 1.73. The number of ether oxygens (including phenoxy) is 1. The highest BCUT2D eigenvalue weighted by molar-refractivity contribution is 5.79. The van der Waals surface area contributed by atoms with Gasteiger partial charge in [-0.05, 0) is 24.5 Å². The van der Waals surface area contributed by atoms with Crippen LogP contribution < -0.4 is 16.0 Å². The van der Waals surface area contributed by atoms with Gasteiger partial charge in [0.2, 0.25) is 0 Å². The van der Waals surface area contributed by atoms with Crippen molar-refractivity contribution in [2.45, 2.75) is 32.5 Å². The highest BCUT2D eigenvalue weighted by Gasteiger charge is 2.30. The molecular formula is C20H33F3N6O. The van der Waals surface area contributed by atoms with E-state index in [0.29, 0.717) is 30.9 Å². The molecule has 10 heteroatoms. The third-order valence-electron chi connectivity index (χ3n) is 5.03. The summed E-state index contributed by atoms with van der Waals surface area (Å²) in [5.74, 6) is 1.67. The highest BCUT2D eigenvalue weighted by atomic mass is 19.4. The van der Waals surface area contributed by atoms with Crippen LogP contribution in [0.1, 0.15) is 25.8 Å². The van der Waals surface area contributed by atoms with E-state index in [-0.39, 0.29) is 0 Å². The molecule has 7 nitrogen and oxygen atoms in total. The molecule has 1 atom stereocenters. The monoisotopic (exact) mass is 430 g/mol. The molecule has 2 rings (SSSR count). The average molecular weight is 431 g/mol. The molecule has 0 amide bonds. The lowest BCUT2D eigenvalue weighted by molar-refractivity contribution is -0.137. The minimum absolute atomic E-state index is 0.403. The van der Waals surface area contributed by atoms with Crippen LogP contribution in [0.4, 0.5) is 19.0 Å². The van der Waals surface area contributed by atoms with Gasteiger partial charge in [-0.2, -0.15) is 13.2 Å². The standard InChI is InChI=1S/C20H33F3N6O/c1-15(2)17(29-9-11-30-12-10-29)14-28-19(24-3)26-8-4-7-25-18-6-5-16(13-27-18)20(21,22)23/h5-6,13,15,17H,4,7-12,14H2,1-3H3,(H,25,27)(H2,24,26,28). The molecule has 0 spiro atoms. The largest absolute Gasteiger partial charge is 0.417 e. The van der Waals surface area contributed by atoms with E-state index < -0.39 is 11.7 Å². The van der Waals surface area contributed by atoms with Gasteiger partial charge in [0.25, 0.3) is 0 Å². The molecule has 0 bridgehead atoms. The van der Waals surface area contributed by atoms with Crippen LogP contribution in [0.25, 0.3) is 0 Å². The Labute approximate surface area is 176 Å². The van der Waals surface area contributed by atoms with Crippen molar-refractivity contribution in [2.75, 3.05) is 58.3 Å². The molecule has 0 radical (unpaired) electrons. The second kappa shape index (κ2) is 11.9. The fourth-order valence-electron chi connectivity index (χ4n) is 3.30. The Morgan fingerprint density at radius 2 is 1.93 bits per heavy atom. The van der Waals surface area contributed by atoms with Crippen LogP contribution in [0.3, 0.4) is 0 Å². The van der Waals surface area contributed by atoms with Crippen molar-refractivity contribution in [1.29, 1.82) is 0 Å². The Morgan fingerprint density at radius 3 is 2.50 bits per heavy atom. The lowest BCUT2D eigenvalue weighted by atomic mass is 10.0. The molecule has 0 saturated carbocycles. The van der Waals surface area contributed by atoms with Crippen molar-refractivity contribution in [3.63, 3.8) is 0 Å². The van der Waals surface area contributed by atoms with Gasteiger partial charge in [0.05, 0.1) is 18.8 Å². The number of anilines is 1. The van der Waals surface area contributed by atoms with Crippen LogP contribution >= 0.6 is 0 Å². The third kappa shape index (κ3) is 7.98. The molecule has 2 heterocycles. The summed E-state index contributed by atoms with van der Waals surface area (Å²) in [6, 6.07) is 2.77. The number of aromatic nitrogens is 1. The van der Waals surface area contributed by atoms with Gasteiger partial charge in [0.1, 0.15) is 5.82 Å². The molecule has 1 aromatic rings. The number of alkyl halides is 3. The van der Waals surface area contributed by atoms with Gasteiger partial charge in [-0.15, -0.1) is 0 Å². The lowest BCUT2D eigenvalue weighted by Crippen LogP contribution is -2.52. The van der Waals surface area contributed by atoms with E-state index in [1.54, 1.807) is 7.05 Å². The van der Waals surface area contributed by atoms with Crippen LogP contribution in [-0.4, -0.2) is 74.9 Å². The topological polar surface area (TPSA) is 73.8 Å². The van der Waals surface area contributed by atoms with Crippen LogP contribution in [-0.2, 0) is 10.9 Å². The van der Waals surface area contributed by atoms with E-state index in [0.717, 1.165) is 57.5 Å². The molecule has 1 aromatic heterocycles. The molecule has 0 aliphatic carbocycles. The lowest BCUT2D eigenvalue weighted by Gasteiger charge is -2.37. The number of hydrogen-bond donors (Lipinski definition) is 3. The summed E-state index contributed by atoms with van der Waals surface area (Å²) >= 11 is 0. The molecule has 1 saturated heterocycles. The Balaban J connectivity index is 1.67. The van der Waals surface area contributed by atoms with E-state index in [1.165, 1.54) is 6.07 Å².